The van der Waals surface area contributed by atoms with Crippen molar-refractivity contribution in [2.75, 3.05) is 0 Å². The first kappa shape index (κ1) is 11.4. The van der Waals surface area contributed by atoms with Crippen molar-refractivity contribution in [3.8, 4) is 0 Å². The molecule has 0 amide bonds. The summed E-state index contributed by atoms with van der Waals surface area (Å²) in [6.45, 7) is 5.57. The van der Waals surface area contributed by atoms with Crippen LogP contribution in [-0.2, 0) is 9.53 Å². The van der Waals surface area contributed by atoms with Gasteiger partial charge in [0.1, 0.15) is 0 Å². The monoisotopic (exact) mass is 175 g/mol. The zero-order valence-electron chi connectivity index (χ0n) is 7.78. The van der Waals surface area contributed by atoms with Gasteiger partial charge in [0, 0.05) is 6.04 Å². The van der Waals surface area contributed by atoms with Gasteiger partial charge in [0.2, 0.25) is 0 Å². The van der Waals surface area contributed by atoms with E-state index in [-0.39, 0.29) is 18.6 Å². The topological polar surface area (TPSA) is 72.5 Å². The van der Waals surface area contributed by atoms with Gasteiger partial charge in [-0.1, -0.05) is 0 Å². The Morgan fingerprint density at radius 2 is 2.00 bits per heavy atom. The molecule has 0 radical (unpaired) electrons. The fraction of sp³-hybridized carbons (Fsp3) is 0.875. The summed E-state index contributed by atoms with van der Waals surface area (Å²) in [5.74, 6) is -0.887. The molecule has 3 N–H and O–H groups in total. The molecule has 0 spiro atoms. The van der Waals surface area contributed by atoms with E-state index in [0.29, 0.717) is 0 Å². The molecule has 0 fully saturated rings. The highest BCUT2D eigenvalue weighted by atomic mass is 16.5. The summed E-state index contributed by atoms with van der Waals surface area (Å²) in [6, 6.07) is -0.426. The summed E-state index contributed by atoms with van der Waals surface area (Å²) >= 11 is 0. The van der Waals surface area contributed by atoms with Gasteiger partial charge in [-0.15, -0.1) is 0 Å². The van der Waals surface area contributed by atoms with Gasteiger partial charge >= 0.3 is 5.97 Å². The summed E-state index contributed by atoms with van der Waals surface area (Å²) in [6.07, 6.45) is -0.172. The standard InChI is InChI=1S/C8H17NO3/c1-5(2)12-6(3)7(9)4-8(10)11/h5-7H,4,9H2,1-3H3,(H,10,11)/t6-,7+/m0/s1. The second-order valence-electron chi connectivity index (χ2n) is 3.15. The summed E-state index contributed by atoms with van der Waals surface area (Å²) in [7, 11) is 0. The van der Waals surface area contributed by atoms with Crippen LogP contribution in [0, 0.1) is 0 Å². The molecule has 0 saturated heterocycles. The van der Waals surface area contributed by atoms with Crippen molar-refractivity contribution < 1.29 is 14.6 Å². The zero-order valence-corrected chi connectivity index (χ0v) is 7.78. The molecule has 4 heteroatoms. The minimum Gasteiger partial charge on any atom is -0.481 e. The third-order valence-corrected chi connectivity index (χ3v) is 1.50. The molecule has 0 aromatic rings. The molecule has 0 aromatic carbocycles. The average Bonchev–Trinajstić information content (AvgIpc) is 1.84. The minimum atomic E-state index is -0.887. The lowest BCUT2D eigenvalue weighted by Crippen LogP contribution is -2.37. The fourth-order valence-corrected chi connectivity index (χ4v) is 0.898. The quantitative estimate of drug-likeness (QED) is 0.641. The van der Waals surface area contributed by atoms with E-state index in [4.69, 9.17) is 15.6 Å². The highest BCUT2D eigenvalue weighted by Crippen LogP contribution is 2.03. The van der Waals surface area contributed by atoms with Crippen molar-refractivity contribution in [3.63, 3.8) is 0 Å². The Morgan fingerprint density at radius 1 is 1.50 bits per heavy atom. The van der Waals surface area contributed by atoms with Crippen LogP contribution in [0.15, 0.2) is 0 Å². The molecular formula is C8H17NO3. The van der Waals surface area contributed by atoms with Crippen LogP contribution in [0.5, 0.6) is 0 Å². The maximum atomic E-state index is 10.3. The highest BCUT2D eigenvalue weighted by molar-refractivity contribution is 5.67. The maximum absolute atomic E-state index is 10.3. The third kappa shape index (κ3) is 5.09. The van der Waals surface area contributed by atoms with E-state index in [9.17, 15) is 4.79 Å². The van der Waals surface area contributed by atoms with Gasteiger partial charge in [0.05, 0.1) is 18.6 Å². The summed E-state index contributed by atoms with van der Waals surface area (Å²) in [4.78, 5) is 10.3. The lowest BCUT2D eigenvalue weighted by Gasteiger charge is -2.21. The summed E-state index contributed by atoms with van der Waals surface area (Å²) in [5.41, 5.74) is 5.56. The largest absolute Gasteiger partial charge is 0.481 e. The molecule has 0 heterocycles. The first-order valence-corrected chi connectivity index (χ1v) is 4.06. The summed E-state index contributed by atoms with van der Waals surface area (Å²) < 4.78 is 5.32. The molecule has 4 nitrogen and oxygen atoms in total. The van der Waals surface area contributed by atoms with Crippen LogP contribution in [0.1, 0.15) is 27.2 Å². The Balaban J connectivity index is 3.76. The van der Waals surface area contributed by atoms with Crippen molar-refractivity contribution in [2.24, 2.45) is 5.73 Å². The van der Waals surface area contributed by atoms with Crippen LogP contribution in [0.2, 0.25) is 0 Å². The molecule has 0 rings (SSSR count). The Morgan fingerprint density at radius 3 is 2.33 bits per heavy atom. The lowest BCUT2D eigenvalue weighted by molar-refractivity contribution is -0.138. The van der Waals surface area contributed by atoms with Crippen LogP contribution < -0.4 is 5.73 Å². The van der Waals surface area contributed by atoms with E-state index in [1.165, 1.54) is 0 Å². The molecule has 0 aliphatic rings. The molecule has 0 saturated carbocycles. The number of carbonyl (C=O) groups is 1. The fourth-order valence-electron chi connectivity index (χ4n) is 0.898. The van der Waals surface area contributed by atoms with Gasteiger partial charge in [-0.3, -0.25) is 4.79 Å². The Kier molecular flexibility index (Phi) is 4.85. The number of nitrogens with two attached hydrogens (primary N) is 1. The molecule has 0 aliphatic heterocycles. The lowest BCUT2D eigenvalue weighted by atomic mass is 10.1. The number of carboxylic acid groups (broad SMARTS) is 1. The van der Waals surface area contributed by atoms with Gasteiger partial charge in [0.25, 0.3) is 0 Å². The van der Waals surface area contributed by atoms with Crippen molar-refractivity contribution in [1.29, 1.82) is 0 Å². The van der Waals surface area contributed by atoms with Crippen molar-refractivity contribution in [1.82, 2.24) is 0 Å². The summed E-state index contributed by atoms with van der Waals surface area (Å²) in [5, 5.41) is 8.43. The van der Waals surface area contributed by atoms with Crippen LogP contribution >= 0.6 is 0 Å². The van der Waals surface area contributed by atoms with E-state index >= 15 is 0 Å². The number of aliphatic carboxylic acids is 1. The molecule has 0 aromatic heterocycles. The van der Waals surface area contributed by atoms with Crippen LogP contribution in [0.25, 0.3) is 0 Å². The van der Waals surface area contributed by atoms with E-state index in [1.54, 1.807) is 6.92 Å². The first-order chi connectivity index (χ1) is 5.43. The van der Waals surface area contributed by atoms with E-state index in [0.717, 1.165) is 0 Å². The third-order valence-electron chi connectivity index (χ3n) is 1.50. The second kappa shape index (κ2) is 5.11. The van der Waals surface area contributed by atoms with Crippen molar-refractivity contribution >= 4 is 5.97 Å². The number of carboxylic acids is 1. The Labute approximate surface area is 72.7 Å². The number of hydrogen-bond donors (Lipinski definition) is 2. The second-order valence-corrected chi connectivity index (χ2v) is 3.15. The van der Waals surface area contributed by atoms with Gasteiger partial charge in [-0.05, 0) is 20.8 Å². The molecule has 72 valence electrons. The first-order valence-electron chi connectivity index (χ1n) is 4.06. The van der Waals surface area contributed by atoms with Crippen LogP contribution in [0.4, 0.5) is 0 Å². The predicted octanol–water partition coefficient (Wildman–Crippen LogP) is 0.602. The predicted molar refractivity (Wildman–Crippen MR) is 45.9 cm³/mol. The van der Waals surface area contributed by atoms with E-state index < -0.39 is 12.0 Å². The van der Waals surface area contributed by atoms with E-state index in [1.807, 2.05) is 13.8 Å². The molecule has 0 unspecified atom stereocenters. The number of rotatable bonds is 5. The SMILES string of the molecule is CC(C)O[C@@H](C)[C@H](N)CC(=O)O. The van der Waals surface area contributed by atoms with Gasteiger partial charge in [-0.2, -0.15) is 0 Å². The van der Waals surface area contributed by atoms with Gasteiger partial charge < -0.3 is 15.6 Å². The molecule has 2 atom stereocenters. The zero-order chi connectivity index (χ0) is 9.72. The average molecular weight is 175 g/mol. The Bertz CT molecular complexity index is 147. The van der Waals surface area contributed by atoms with Gasteiger partial charge in [0.15, 0.2) is 0 Å². The molecule has 0 aliphatic carbocycles. The smallest absolute Gasteiger partial charge is 0.305 e. The van der Waals surface area contributed by atoms with Crippen molar-refractivity contribution in [3.05, 3.63) is 0 Å². The molecule has 0 bridgehead atoms. The molecular weight excluding hydrogens is 158 g/mol. The molecule has 12 heavy (non-hydrogen) atoms. The maximum Gasteiger partial charge on any atom is 0.305 e. The van der Waals surface area contributed by atoms with Crippen LogP contribution in [-0.4, -0.2) is 29.3 Å². The normalized spacial score (nSPS) is 16.1. The van der Waals surface area contributed by atoms with Gasteiger partial charge in [-0.25, -0.2) is 0 Å². The van der Waals surface area contributed by atoms with E-state index in [2.05, 4.69) is 0 Å². The highest BCUT2D eigenvalue weighted by Gasteiger charge is 2.17. The minimum absolute atomic E-state index is 0.0477. The van der Waals surface area contributed by atoms with Crippen molar-refractivity contribution in [2.45, 2.75) is 45.4 Å². The number of ether oxygens (including phenoxy) is 1. The number of hydrogen-bond acceptors (Lipinski definition) is 3. The van der Waals surface area contributed by atoms with Crippen LogP contribution in [0.3, 0.4) is 0 Å². The Hall–Kier alpha value is -0.610.